The van der Waals surface area contributed by atoms with Crippen LogP contribution in [-0.2, 0) is 22.6 Å². The van der Waals surface area contributed by atoms with Crippen LogP contribution in [0.1, 0.15) is 11.1 Å². The first kappa shape index (κ1) is 14.3. The van der Waals surface area contributed by atoms with Gasteiger partial charge in [-0.1, -0.05) is 30.3 Å². The molecular weight excluding hydrogens is 278 g/mol. The third kappa shape index (κ3) is 3.31. The molecule has 1 aliphatic rings. The Hall–Kier alpha value is -2.69. The van der Waals surface area contributed by atoms with Gasteiger partial charge in [-0.15, -0.1) is 0 Å². The number of aromatic nitrogens is 1. The smallest absolute Gasteiger partial charge is 0.246 e. The van der Waals surface area contributed by atoms with Crippen LogP contribution < -0.4 is 5.32 Å². The van der Waals surface area contributed by atoms with Crippen molar-refractivity contribution in [3.63, 3.8) is 0 Å². The molecule has 0 bridgehead atoms. The molecule has 1 saturated heterocycles. The van der Waals surface area contributed by atoms with Gasteiger partial charge in [0.05, 0.1) is 6.54 Å². The zero-order valence-electron chi connectivity index (χ0n) is 12.1. The highest BCUT2D eigenvalue weighted by Gasteiger charge is 2.32. The number of benzene rings is 1. The standard InChI is InChI=1S/C17H17N3O2/c21-16-12-20(11-14-4-2-1-3-5-14)17(22)15(19-16)10-13-6-8-18-9-7-13/h1-9,15H,10-12H2,(H,19,21)/t15-/m1/s1. The van der Waals surface area contributed by atoms with Crippen molar-refractivity contribution in [3.05, 3.63) is 66.0 Å². The van der Waals surface area contributed by atoms with Crippen LogP contribution in [0.25, 0.3) is 0 Å². The van der Waals surface area contributed by atoms with Gasteiger partial charge in [-0.2, -0.15) is 0 Å². The van der Waals surface area contributed by atoms with Crippen molar-refractivity contribution in [1.29, 1.82) is 0 Å². The summed E-state index contributed by atoms with van der Waals surface area (Å²) in [5.41, 5.74) is 2.00. The van der Waals surface area contributed by atoms with Crippen LogP contribution in [0.4, 0.5) is 0 Å². The monoisotopic (exact) mass is 295 g/mol. The molecule has 2 amide bonds. The summed E-state index contributed by atoms with van der Waals surface area (Å²) < 4.78 is 0. The Balaban J connectivity index is 1.72. The Kier molecular flexibility index (Phi) is 4.14. The van der Waals surface area contributed by atoms with E-state index in [4.69, 9.17) is 0 Å². The van der Waals surface area contributed by atoms with Crippen molar-refractivity contribution in [2.45, 2.75) is 19.0 Å². The van der Waals surface area contributed by atoms with E-state index < -0.39 is 6.04 Å². The fourth-order valence-electron chi connectivity index (χ4n) is 2.60. The molecule has 3 rings (SSSR count). The van der Waals surface area contributed by atoms with E-state index in [1.165, 1.54) is 0 Å². The number of carbonyl (C=O) groups excluding carboxylic acids is 2. The van der Waals surface area contributed by atoms with E-state index in [0.29, 0.717) is 13.0 Å². The first-order valence-electron chi connectivity index (χ1n) is 7.23. The maximum Gasteiger partial charge on any atom is 0.246 e. The number of nitrogens with one attached hydrogen (secondary N) is 1. The second-order valence-corrected chi connectivity index (χ2v) is 5.36. The number of hydrogen-bond donors (Lipinski definition) is 1. The molecule has 2 aromatic rings. The lowest BCUT2D eigenvalue weighted by molar-refractivity contribution is -0.144. The van der Waals surface area contributed by atoms with E-state index in [2.05, 4.69) is 10.3 Å². The average Bonchev–Trinajstić information content (AvgIpc) is 2.54. The summed E-state index contributed by atoms with van der Waals surface area (Å²) >= 11 is 0. The molecule has 0 spiro atoms. The molecule has 112 valence electrons. The zero-order valence-corrected chi connectivity index (χ0v) is 12.1. The van der Waals surface area contributed by atoms with Gasteiger partial charge in [-0.05, 0) is 23.3 Å². The SMILES string of the molecule is O=C1CN(Cc2ccccc2)C(=O)[C@@H](Cc2ccncc2)N1. The summed E-state index contributed by atoms with van der Waals surface area (Å²) in [5, 5.41) is 2.78. The van der Waals surface area contributed by atoms with E-state index in [-0.39, 0.29) is 18.4 Å². The highest BCUT2D eigenvalue weighted by atomic mass is 16.2. The van der Waals surface area contributed by atoms with Crippen molar-refractivity contribution in [1.82, 2.24) is 15.2 Å². The van der Waals surface area contributed by atoms with Gasteiger partial charge in [0.2, 0.25) is 11.8 Å². The van der Waals surface area contributed by atoms with Gasteiger partial charge >= 0.3 is 0 Å². The second-order valence-electron chi connectivity index (χ2n) is 5.36. The van der Waals surface area contributed by atoms with Crippen molar-refractivity contribution < 1.29 is 9.59 Å². The largest absolute Gasteiger partial charge is 0.342 e. The molecule has 0 aliphatic carbocycles. The van der Waals surface area contributed by atoms with Crippen molar-refractivity contribution in [2.75, 3.05) is 6.54 Å². The molecule has 5 nitrogen and oxygen atoms in total. The molecule has 1 aromatic carbocycles. The summed E-state index contributed by atoms with van der Waals surface area (Å²) in [6, 6.07) is 12.9. The van der Waals surface area contributed by atoms with Crippen LogP contribution in [0, 0.1) is 0 Å². The summed E-state index contributed by atoms with van der Waals surface area (Å²) in [6.07, 6.45) is 3.86. The number of amides is 2. The fourth-order valence-corrected chi connectivity index (χ4v) is 2.60. The second kappa shape index (κ2) is 6.39. The molecule has 1 atom stereocenters. The van der Waals surface area contributed by atoms with Gasteiger partial charge in [0, 0.05) is 25.4 Å². The average molecular weight is 295 g/mol. The van der Waals surface area contributed by atoms with Gasteiger partial charge in [-0.3, -0.25) is 14.6 Å². The number of hydrogen-bond acceptors (Lipinski definition) is 3. The van der Waals surface area contributed by atoms with E-state index >= 15 is 0 Å². The third-order valence-electron chi connectivity index (χ3n) is 3.68. The Morgan fingerprint density at radius 2 is 1.77 bits per heavy atom. The Morgan fingerprint density at radius 1 is 1.05 bits per heavy atom. The van der Waals surface area contributed by atoms with Crippen LogP contribution in [0.5, 0.6) is 0 Å². The normalized spacial score (nSPS) is 18.2. The Labute approximate surface area is 129 Å². The van der Waals surface area contributed by atoms with Crippen LogP contribution in [0.2, 0.25) is 0 Å². The van der Waals surface area contributed by atoms with Gasteiger partial charge in [0.25, 0.3) is 0 Å². The van der Waals surface area contributed by atoms with Crippen LogP contribution >= 0.6 is 0 Å². The van der Waals surface area contributed by atoms with E-state index in [1.54, 1.807) is 17.3 Å². The summed E-state index contributed by atoms with van der Waals surface area (Å²) in [7, 11) is 0. The Bertz CT molecular complexity index is 603. The Morgan fingerprint density at radius 3 is 2.50 bits per heavy atom. The first-order chi connectivity index (χ1) is 10.7. The van der Waals surface area contributed by atoms with Crippen molar-refractivity contribution >= 4 is 11.8 Å². The highest BCUT2D eigenvalue weighted by Crippen LogP contribution is 2.12. The third-order valence-corrected chi connectivity index (χ3v) is 3.68. The molecule has 1 aliphatic heterocycles. The molecule has 0 saturated carbocycles. The topological polar surface area (TPSA) is 62.3 Å². The number of piperazine rings is 1. The minimum atomic E-state index is -0.507. The molecule has 2 heterocycles. The number of rotatable bonds is 4. The fraction of sp³-hybridized carbons (Fsp3) is 0.235. The van der Waals surface area contributed by atoms with Crippen LogP contribution in [-0.4, -0.2) is 34.3 Å². The van der Waals surface area contributed by atoms with Gasteiger partial charge in [0.1, 0.15) is 6.04 Å². The highest BCUT2D eigenvalue weighted by molar-refractivity contribution is 5.95. The summed E-state index contributed by atoms with van der Waals surface area (Å²) in [5.74, 6) is -0.158. The predicted molar refractivity (Wildman–Crippen MR) is 81.7 cm³/mol. The summed E-state index contributed by atoms with van der Waals surface area (Å²) in [6.45, 7) is 0.570. The number of carbonyl (C=O) groups is 2. The molecule has 0 radical (unpaired) electrons. The predicted octanol–water partition coefficient (Wildman–Crippen LogP) is 1.15. The maximum absolute atomic E-state index is 12.6. The lowest BCUT2D eigenvalue weighted by Gasteiger charge is -2.32. The molecule has 1 fully saturated rings. The van der Waals surface area contributed by atoms with Gasteiger partial charge in [0.15, 0.2) is 0 Å². The minimum Gasteiger partial charge on any atom is -0.342 e. The van der Waals surface area contributed by atoms with E-state index in [0.717, 1.165) is 11.1 Å². The van der Waals surface area contributed by atoms with Gasteiger partial charge < -0.3 is 10.2 Å². The van der Waals surface area contributed by atoms with Gasteiger partial charge in [-0.25, -0.2) is 0 Å². The number of pyridine rings is 1. The minimum absolute atomic E-state index is 0.0414. The lowest BCUT2D eigenvalue weighted by atomic mass is 10.0. The molecule has 0 unspecified atom stereocenters. The molecule has 1 N–H and O–H groups in total. The number of nitrogens with zero attached hydrogens (tertiary/aromatic N) is 2. The van der Waals surface area contributed by atoms with E-state index in [9.17, 15) is 9.59 Å². The summed E-state index contributed by atoms with van der Waals surface area (Å²) in [4.78, 5) is 30.0. The van der Waals surface area contributed by atoms with Crippen molar-refractivity contribution in [3.8, 4) is 0 Å². The quantitative estimate of drug-likeness (QED) is 0.920. The first-order valence-corrected chi connectivity index (χ1v) is 7.23. The van der Waals surface area contributed by atoms with Crippen molar-refractivity contribution in [2.24, 2.45) is 0 Å². The molecular formula is C17H17N3O2. The van der Waals surface area contributed by atoms with Crippen LogP contribution in [0.3, 0.4) is 0 Å². The maximum atomic E-state index is 12.6. The zero-order chi connectivity index (χ0) is 15.4. The lowest BCUT2D eigenvalue weighted by Crippen LogP contribution is -2.58. The molecule has 1 aromatic heterocycles. The molecule has 5 heteroatoms. The molecule has 22 heavy (non-hydrogen) atoms. The van der Waals surface area contributed by atoms with Crippen LogP contribution in [0.15, 0.2) is 54.9 Å². The van der Waals surface area contributed by atoms with E-state index in [1.807, 2.05) is 42.5 Å².